The zero-order valence-corrected chi connectivity index (χ0v) is 9.95. The highest BCUT2D eigenvalue weighted by Gasteiger charge is 2.28. The molecule has 16 heavy (non-hydrogen) atoms. The molecule has 0 aromatic heterocycles. The van der Waals surface area contributed by atoms with E-state index in [0.717, 1.165) is 0 Å². The molecule has 1 saturated heterocycles. The van der Waals surface area contributed by atoms with Crippen molar-refractivity contribution in [1.29, 1.82) is 5.26 Å². The molecule has 1 N–H and O–H groups in total. The normalized spacial score (nSPS) is 24.9. The number of nitrogens with one attached hydrogen (secondary N) is 1. The molecule has 90 valence electrons. The van der Waals surface area contributed by atoms with Gasteiger partial charge in [0.05, 0.1) is 31.2 Å². The average molecular weight is 226 g/mol. The van der Waals surface area contributed by atoms with Crippen molar-refractivity contribution in [2.24, 2.45) is 0 Å². The molecule has 0 saturated carbocycles. The van der Waals surface area contributed by atoms with Crippen LogP contribution in [0.1, 0.15) is 33.6 Å². The number of carbonyl (C=O) groups is 1. The fraction of sp³-hybridized carbons (Fsp3) is 0.818. The first kappa shape index (κ1) is 12.8. The Hall–Kier alpha value is -1.28. The number of hydrogen-bond donors (Lipinski definition) is 1. The zero-order valence-electron chi connectivity index (χ0n) is 9.95. The van der Waals surface area contributed by atoms with Gasteiger partial charge in [0.15, 0.2) is 0 Å². The number of alkyl carbamates (subject to hydrolysis) is 1. The Morgan fingerprint density at radius 2 is 2.31 bits per heavy atom. The Labute approximate surface area is 95.7 Å². The van der Waals surface area contributed by atoms with Crippen molar-refractivity contribution < 1.29 is 14.3 Å². The van der Waals surface area contributed by atoms with Crippen LogP contribution in [0.5, 0.6) is 0 Å². The van der Waals surface area contributed by atoms with Crippen LogP contribution in [0, 0.1) is 11.3 Å². The molecule has 0 radical (unpaired) electrons. The highest BCUT2D eigenvalue weighted by Crippen LogP contribution is 2.16. The Morgan fingerprint density at radius 1 is 1.62 bits per heavy atom. The number of hydrogen-bond acceptors (Lipinski definition) is 4. The standard InChI is InChI=1S/C11H18N2O3/c1-11(2,3)16-10(14)13-8-6-9(4-5-12)15-7-8/h8-9H,4,6-7H2,1-3H3,(H,13,14). The van der Waals surface area contributed by atoms with Crippen LogP contribution >= 0.6 is 0 Å². The van der Waals surface area contributed by atoms with Crippen molar-refractivity contribution in [3.8, 4) is 6.07 Å². The summed E-state index contributed by atoms with van der Waals surface area (Å²) in [7, 11) is 0. The van der Waals surface area contributed by atoms with E-state index in [1.165, 1.54) is 0 Å². The van der Waals surface area contributed by atoms with Crippen LogP contribution in [0.4, 0.5) is 4.79 Å². The third-order valence-corrected chi connectivity index (χ3v) is 2.12. The van der Waals surface area contributed by atoms with Crippen molar-refractivity contribution in [1.82, 2.24) is 5.32 Å². The molecule has 0 aliphatic carbocycles. The lowest BCUT2D eigenvalue weighted by atomic mass is 10.1. The smallest absolute Gasteiger partial charge is 0.407 e. The van der Waals surface area contributed by atoms with E-state index < -0.39 is 11.7 Å². The second-order valence-electron chi connectivity index (χ2n) is 4.90. The molecule has 2 unspecified atom stereocenters. The first-order valence-electron chi connectivity index (χ1n) is 5.39. The minimum Gasteiger partial charge on any atom is -0.444 e. The van der Waals surface area contributed by atoms with Gasteiger partial charge in [-0.05, 0) is 27.2 Å². The first-order valence-corrected chi connectivity index (χ1v) is 5.39. The fourth-order valence-corrected chi connectivity index (χ4v) is 1.52. The molecule has 5 heteroatoms. The lowest BCUT2D eigenvalue weighted by Gasteiger charge is -2.21. The maximum absolute atomic E-state index is 11.4. The van der Waals surface area contributed by atoms with Crippen LogP contribution in [0.2, 0.25) is 0 Å². The van der Waals surface area contributed by atoms with E-state index in [4.69, 9.17) is 14.7 Å². The van der Waals surface area contributed by atoms with E-state index in [2.05, 4.69) is 11.4 Å². The number of carbonyl (C=O) groups excluding carboxylic acids is 1. The second kappa shape index (κ2) is 5.17. The van der Waals surface area contributed by atoms with E-state index in [9.17, 15) is 4.79 Å². The van der Waals surface area contributed by atoms with Gasteiger partial charge in [-0.2, -0.15) is 5.26 Å². The molecule has 1 heterocycles. The Morgan fingerprint density at radius 3 is 2.88 bits per heavy atom. The maximum atomic E-state index is 11.4. The number of nitrogens with zero attached hydrogens (tertiary/aromatic N) is 1. The number of rotatable bonds is 2. The summed E-state index contributed by atoms with van der Waals surface area (Å²) in [5.41, 5.74) is -0.490. The highest BCUT2D eigenvalue weighted by atomic mass is 16.6. The van der Waals surface area contributed by atoms with Gasteiger partial charge in [-0.3, -0.25) is 0 Å². The van der Waals surface area contributed by atoms with Crippen molar-refractivity contribution in [2.45, 2.75) is 51.4 Å². The minimum absolute atomic E-state index is 0.0480. The summed E-state index contributed by atoms with van der Waals surface area (Å²) in [6, 6.07) is 2.00. The van der Waals surface area contributed by atoms with E-state index >= 15 is 0 Å². The van der Waals surface area contributed by atoms with E-state index in [1.54, 1.807) is 0 Å². The van der Waals surface area contributed by atoms with Gasteiger partial charge in [0.2, 0.25) is 0 Å². The maximum Gasteiger partial charge on any atom is 0.407 e. The molecule has 0 bridgehead atoms. The predicted molar refractivity (Wildman–Crippen MR) is 57.7 cm³/mol. The van der Waals surface area contributed by atoms with E-state index in [1.807, 2.05) is 20.8 Å². The van der Waals surface area contributed by atoms with Crippen LogP contribution in [0.25, 0.3) is 0 Å². The zero-order chi connectivity index (χ0) is 12.2. The molecule has 0 aromatic carbocycles. The quantitative estimate of drug-likeness (QED) is 0.776. The Bertz CT molecular complexity index is 291. The SMILES string of the molecule is CC(C)(C)OC(=O)NC1COC(CC#N)C1. The first-order chi connectivity index (χ1) is 7.40. The molecule has 0 spiro atoms. The number of amides is 1. The van der Waals surface area contributed by atoms with Gasteiger partial charge in [-0.25, -0.2) is 4.79 Å². The number of nitriles is 1. The van der Waals surface area contributed by atoms with Crippen LogP contribution in [-0.2, 0) is 9.47 Å². The summed E-state index contributed by atoms with van der Waals surface area (Å²) in [5, 5.41) is 11.2. The second-order valence-corrected chi connectivity index (χ2v) is 4.90. The van der Waals surface area contributed by atoms with Gasteiger partial charge in [-0.1, -0.05) is 0 Å². The third kappa shape index (κ3) is 4.49. The van der Waals surface area contributed by atoms with Crippen molar-refractivity contribution in [3.05, 3.63) is 0 Å². The van der Waals surface area contributed by atoms with Crippen molar-refractivity contribution >= 4 is 6.09 Å². The van der Waals surface area contributed by atoms with Gasteiger partial charge in [-0.15, -0.1) is 0 Å². The van der Waals surface area contributed by atoms with E-state index in [-0.39, 0.29) is 12.1 Å². The van der Waals surface area contributed by atoms with Crippen LogP contribution in [0.3, 0.4) is 0 Å². The van der Waals surface area contributed by atoms with Gasteiger partial charge in [0.1, 0.15) is 5.60 Å². The van der Waals surface area contributed by atoms with Gasteiger partial charge in [0.25, 0.3) is 0 Å². The summed E-state index contributed by atoms with van der Waals surface area (Å²) in [4.78, 5) is 11.4. The fourth-order valence-electron chi connectivity index (χ4n) is 1.52. The molecule has 1 fully saturated rings. The molecule has 1 aliphatic heterocycles. The van der Waals surface area contributed by atoms with Crippen molar-refractivity contribution in [2.75, 3.05) is 6.61 Å². The molecule has 2 atom stereocenters. The predicted octanol–water partition coefficient (Wildman–Crippen LogP) is 1.58. The summed E-state index contributed by atoms with van der Waals surface area (Å²) in [6.07, 6.45) is 0.544. The molecule has 5 nitrogen and oxygen atoms in total. The summed E-state index contributed by atoms with van der Waals surface area (Å²) in [6.45, 7) is 5.90. The molecule has 1 rings (SSSR count). The average Bonchev–Trinajstić information content (AvgIpc) is 2.49. The molecular weight excluding hydrogens is 208 g/mol. The molecule has 1 amide bonds. The summed E-state index contributed by atoms with van der Waals surface area (Å²) in [5.74, 6) is 0. The third-order valence-electron chi connectivity index (χ3n) is 2.12. The van der Waals surface area contributed by atoms with Gasteiger partial charge < -0.3 is 14.8 Å². The Kier molecular flexibility index (Phi) is 4.13. The van der Waals surface area contributed by atoms with Gasteiger partial charge in [0, 0.05) is 0 Å². The molecule has 1 aliphatic rings. The topological polar surface area (TPSA) is 71.3 Å². The summed E-state index contributed by atoms with van der Waals surface area (Å²) < 4.78 is 10.5. The lowest BCUT2D eigenvalue weighted by molar-refractivity contribution is 0.0495. The Balaban J connectivity index is 2.29. The van der Waals surface area contributed by atoms with Crippen LogP contribution in [0.15, 0.2) is 0 Å². The number of ether oxygens (including phenoxy) is 2. The van der Waals surface area contributed by atoms with Gasteiger partial charge >= 0.3 is 6.09 Å². The van der Waals surface area contributed by atoms with E-state index in [0.29, 0.717) is 19.4 Å². The van der Waals surface area contributed by atoms with Crippen molar-refractivity contribution in [3.63, 3.8) is 0 Å². The highest BCUT2D eigenvalue weighted by molar-refractivity contribution is 5.68. The monoisotopic (exact) mass is 226 g/mol. The minimum atomic E-state index is -0.490. The largest absolute Gasteiger partial charge is 0.444 e. The van der Waals surface area contributed by atoms with Crippen LogP contribution in [-0.4, -0.2) is 30.4 Å². The lowest BCUT2D eigenvalue weighted by Crippen LogP contribution is -2.39. The van der Waals surface area contributed by atoms with Crippen LogP contribution < -0.4 is 5.32 Å². The molecular formula is C11H18N2O3. The molecule has 0 aromatic rings. The summed E-state index contributed by atoms with van der Waals surface area (Å²) >= 11 is 0.